The Morgan fingerprint density at radius 3 is 1.91 bits per heavy atom. The minimum atomic E-state index is -1.01. The summed E-state index contributed by atoms with van der Waals surface area (Å²) in [5, 5.41) is 9.01. The van der Waals surface area contributed by atoms with E-state index in [1.807, 2.05) is 0 Å². The maximum atomic E-state index is 9.01. The molecule has 0 spiro atoms. The van der Waals surface area contributed by atoms with Crippen LogP contribution in [0.15, 0.2) is 0 Å². The average molecular weight is 176 g/mol. The number of hydrogen-bond donors (Lipinski definition) is 1. The molecule has 0 saturated carbocycles. The molecule has 1 N–H and O–H groups in total. The summed E-state index contributed by atoms with van der Waals surface area (Å²) in [7, 11) is -1.01. The SMILES string of the molecule is C[SiH](C)OC(CO)C(C)(C)C. The van der Waals surface area contributed by atoms with Gasteiger partial charge in [-0.1, -0.05) is 20.8 Å². The van der Waals surface area contributed by atoms with Crippen LogP contribution in [-0.2, 0) is 4.43 Å². The van der Waals surface area contributed by atoms with Crippen molar-refractivity contribution in [2.75, 3.05) is 6.61 Å². The van der Waals surface area contributed by atoms with Crippen LogP contribution < -0.4 is 0 Å². The third-order valence-electron chi connectivity index (χ3n) is 1.57. The second-order valence-electron chi connectivity index (χ2n) is 4.22. The molecule has 0 saturated heterocycles. The highest BCUT2D eigenvalue weighted by Gasteiger charge is 2.24. The first-order valence-corrected chi connectivity index (χ1v) is 6.92. The van der Waals surface area contributed by atoms with Gasteiger partial charge < -0.3 is 9.53 Å². The summed E-state index contributed by atoms with van der Waals surface area (Å²) < 4.78 is 5.65. The Labute approximate surface area is 71.3 Å². The molecule has 0 aliphatic carbocycles. The number of rotatable bonds is 3. The van der Waals surface area contributed by atoms with Gasteiger partial charge in [0.1, 0.15) is 0 Å². The van der Waals surface area contributed by atoms with Crippen LogP contribution in [0.5, 0.6) is 0 Å². The first kappa shape index (κ1) is 11.1. The van der Waals surface area contributed by atoms with Gasteiger partial charge in [0.2, 0.25) is 0 Å². The van der Waals surface area contributed by atoms with Crippen molar-refractivity contribution in [1.29, 1.82) is 0 Å². The Morgan fingerprint density at radius 1 is 1.36 bits per heavy atom. The molecule has 11 heavy (non-hydrogen) atoms. The van der Waals surface area contributed by atoms with Crippen molar-refractivity contribution in [1.82, 2.24) is 0 Å². The lowest BCUT2D eigenvalue weighted by molar-refractivity contribution is 0.0322. The van der Waals surface area contributed by atoms with Crippen LogP contribution in [0.3, 0.4) is 0 Å². The lowest BCUT2D eigenvalue weighted by Gasteiger charge is -2.30. The quantitative estimate of drug-likeness (QED) is 0.659. The van der Waals surface area contributed by atoms with E-state index >= 15 is 0 Å². The van der Waals surface area contributed by atoms with Crippen molar-refractivity contribution < 1.29 is 9.53 Å². The van der Waals surface area contributed by atoms with E-state index in [9.17, 15) is 0 Å². The van der Waals surface area contributed by atoms with E-state index in [0.29, 0.717) is 0 Å². The molecule has 0 aromatic heterocycles. The second kappa shape index (κ2) is 4.23. The van der Waals surface area contributed by atoms with Crippen LogP contribution in [0.4, 0.5) is 0 Å². The topological polar surface area (TPSA) is 29.5 Å². The molecule has 1 unspecified atom stereocenters. The summed E-state index contributed by atoms with van der Waals surface area (Å²) >= 11 is 0. The van der Waals surface area contributed by atoms with Crippen molar-refractivity contribution in [3.05, 3.63) is 0 Å². The summed E-state index contributed by atoms with van der Waals surface area (Å²) in [4.78, 5) is 0. The third-order valence-corrected chi connectivity index (χ3v) is 2.44. The number of aliphatic hydroxyl groups excluding tert-OH is 1. The van der Waals surface area contributed by atoms with Crippen LogP contribution in [-0.4, -0.2) is 26.9 Å². The van der Waals surface area contributed by atoms with Gasteiger partial charge in [-0.05, 0) is 18.5 Å². The first-order valence-electron chi connectivity index (χ1n) is 4.14. The lowest BCUT2D eigenvalue weighted by atomic mass is 9.90. The number of hydrogen-bond acceptors (Lipinski definition) is 2. The van der Waals surface area contributed by atoms with Crippen molar-refractivity contribution in [3.63, 3.8) is 0 Å². The number of aliphatic hydroxyl groups is 1. The molecule has 0 aromatic rings. The predicted molar refractivity (Wildman–Crippen MR) is 50.3 cm³/mol. The van der Waals surface area contributed by atoms with Gasteiger partial charge in [0, 0.05) is 0 Å². The van der Waals surface area contributed by atoms with Gasteiger partial charge in [0.25, 0.3) is 0 Å². The van der Waals surface area contributed by atoms with Gasteiger partial charge in [-0.2, -0.15) is 0 Å². The molecule has 0 fully saturated rings. The lowest BCUT2D eigenvalue weighted by Crippen LogP contribution is -2.36. The largest absolute Gasteiger partial charge is 0.415 e. The van der Waals surface area contributed by atoms with Gasteiger partial charge in [0.05, 0.1) is 12.7 Å². The monoisotopic (exact) mass is 176 g/mol. The van der Waals surface area contributed by atoms with Gasteiger partial charge >= 0.3 is 0 Å². The maximum absolute atomic E-state index is 9.01. The van der Waals surface area contributed by atoms with E-state index < -0.39 is 9.04 Å². The molecule has 68 valence electrons. The molecule has 0 aromatic carbocycles. The Morgan fingerprint density at radius 2 is 1.82 bits per heavy atom. The van der Waals surface area contributed by atoms with Crippen LogP contribution >= 0.6 is 0 Å². The normalized spacial score (nSPS) is 15.5. The molecule has 0 heterocycles. The highest BCUT2D eigenvalue weighted by atomic mass is 28.3. The van der Waals surface area contributed by atoms with Crippen molar-refractivity contribution >= 4 is 9.04 Å². The highest BCUT2D eigenvalue weighted by molar-refractivity contribution is 6.48. The van der Waals surface area contributed by atoms with E-state index in [1.54, 1.807) is 0 Å². The molecule has 0 rings (SSSR count). The van der Waals surface area contributed by atoms with Gasteiger partial charge in [-0.15, -0.1) is 0 Å². The summed E-state index contributed by atoms with van der Waals surface area (Å²) in [6.45, 7) is 10.6. The Kier molecular flexibility index (Phi) is 4.29. The smallest absolute Gasteiger partial charge is 0.171 e. The standard InChI is InChI=1S/C8H20O2Si/c1-8(2,3)7(6-9)10-11(4)5/h7,9,11H,6H2,1-5H3. The van der Waals surface area contributed by atoms with E-state index in [1.165, 1.54) is 0 Å². The van der Waals surface area contributed by atoms with Crippen LogP contribution in [0.25, 0.3) is 0 Å². The van der Waals surface area contributed by atoms with E-state index in [2.05, 4.69) is 33.9 Å². The Bertz CT molecular complexity index is 107. The van der Waals surface area contributed by atoms with Crippen LogP contribution in [0, 0.1) is 5.41 Å². The predicted octanol–water partition coefficient (Wildman–Crippen LogP) is 1.39. The fourth-order valence-electron chi connectivity index (χ4n) is 0.850. The first-order chi connectivity index (χ1) is 4.88. The summed E-state index contributed by atoms with van der Waals surface area (Å²) in [6.07, 6.45) is 0.00849. The second-order valence-corrected chi connectivity index (χ2v) is 6.59. The minimum absolute atomic E-state index is 0.00849. The molecule has 0 aliphatic rings. The van der Waals surface area contributed by atoms with Crippen LogP contribution in [0.2, 0.25) is 13.1 Å². The molecule has 1 atom stereocenters. The fraction of sp³-hybridized carbons (Fsp3) is 1.00. The van der Waals surface area contributed by atoms with Crippen LogP contribution in [0.1, 0.15) is 20.8 Å². The van der Waals surface area contributed by atoms with Gasteiger partial charge in [-0.25, -0.2) is 0 Å². The van der Waals surface area contributed by atoms with E-state index in [4.69, 9.17) is 9.53 Å². The van der Waals surface area contributed by atoms with E-state index in [0.717, 1.165) is 0 Å². The van der Waals surface area contributed by atoms with Crippen molar-refractivity contribution in [2.24, 2.45) is 5.41 Å². The van der Waals surface area contributed by atoms with Gasteiger partial charge in [-0.3, -0.25) is 0 Å². The fourth-order valence-corrected chi connectivity index (χ4v) is 2.00. The molecular weight excluding hydrogens is 156 g/mol. The summed E-state index contributed by atoms with van der Waals surface area (Å²) in [5.41, 5.74) is 0.0615. The molecule has 3 heteroatoms. The zero-order valence-electron chi connectivity index (χ0n) is 8.22. The molecule has 0 bridgehead atoms. The third kappa shape index (κ3) is 4.56. The molecular formula is C8H20O2Si. The maximum Gasteiger partial charge on any atom is 0.171 e. The van der Waals surface area contributed by atoms with Gasteiger partial charge in [0.15, 0.2) is 9.04 Å². The Balaban J connectivity index is 3.96. The molecule has 0 amide bonds. The summed E-state index contributed by atoms with van der Waals surface area (Å²) in [5.74, 6) is 0. The molecule has 2 nitrogen and oxygen atoms in total. The van der Waals surface area contributed by atoms with E-state index in [-0.39, 0.29) is 18.1 Å². The summed E-state index contributed by atoms with van der Waals surface area (Å²) in [6, 6.07) is 0. The highest BCUT2D eigenvalue weighted by Crippen LogP contribution is 2.22. The van der Waals surface area contributed by atoms with Crippen molar-refractivity contribution in [2.45, 2.75) is 40.0 Å². The average Bonchev–Trinajstić information content (AvgIpc) is 1.79. The zero-order chi connectivity index (χ0) is 9.07. The molecule has 0 radical (unpaired) electrons. The van der Waals surface area contributed by atoms with Crippen molar-refractivity contribution in [3.8, 4) is 0 Å². The zero-order valence-corrected chi connectivity index (χ0v) is 9.37. The molecule has 0 aliphatic heterocycles. The minimum Gasteiger partial charge on any atom is -0.415 e. The Hall–Kier alpha value is 0.137.